The van der Waals surface area contributed by atoms with Gasteiger partial charge in [-0.1, -0.05) is 24.3 Å². The van der Waals surface area contributed by atoms with Gasteiger partial charge in [0.05, 0.1) is 11.6 Å². The number of hydrogen-bond donors (Lipinski definition) is 3. The Bertz CT molecular complexity index is 746. The van der Waals surface area contributed by atoms with Crippen molar-refractivity contribution in [2.75, 3.05) is 5.43 Å². The number of nitrogens with zero attached hydrogens (tertiary/aromatic N) is 1. The van der Waals surface area contributed by atoms with Gasteiger partial charge >= 0.3 is 0 Å². The molecule has 1 saturated heterocycles. The maximum atomic E-state index is 12.4. The molecular formula is C17H16N2O4. The summed E-state index contributed by atoms with van der Waals surface area (Å²) in [6.45, 7) is 0. The number of imide groups is 1. The lowest BCUT2D eigenvalue weighted by Gasteiger charge is -2.17. The van der Waals surface area contributed by atoms with Gasteiger partial charge in [0.1, 0.15) is 11.5 Å². The number of phenolic OH excluding ortho intramolecular Hbond substituents is 2. The largest absolute Gasteiger partial charge is 0.508 e. The summed E-state index contributed by atoms with van der Waals surface area (Å²) < 4.78 is 0. The molecule has 0 aromatic heterocycles. The number of anilines is 1. The van der Waals surface area contributed by atoms with Gasteiger partial charge < -0.3 is 10.2 Å². The first-order valence-corrected chi connectivity index (χ1v) is 7.24. The molecule has 2 amide bonds. The Balaban J connectivity index is 1.73. The number of nitrogens with one attached hydrogen (secondary N) is 1. The maximum absolute atomic E-state index is 12.4. The normalized spacial score (nSPS) is 17.6. The smallest absolute Gasteiger partial charge is 0.252 e. The minimum atomic E-state index is -0.533. The average molecular weight is 312 g/mol. The maximum Gasteiger partial charge on any atom is 0.252 e. The number of carbonyl (C=O) groups excluding carboxylic acids is 2. The predicted molar refractivity (Wildman–Crippen MR) is 83.5 cm³/mol. The zero-order valence-electron chi connectivity index (χ0n) is 12.3. The second kappa shape index (κ2) is 6.00. The zero-order chi connectivity index (χ0) is 16.4. The Labute approximate surface area is 132 Å². The second-order valence-electron chi connectivity index (χ2n) is 5.46. The molecule has 1 fully saturated rings. The van der Waals surface area contributed by atoms with Gasteiger partial charge in [-0.15, -0.1) is 0 Å². The third-order valence-corrected chi connectivity index (χ3v) is 3.79. The first kappa shape index (κ1) is 14.9. The third-order valence-electron chi connectivity index (χ3n) is 3.79. The van der Waals surface area contributed by atoms with Crippen molar-refractivity contribution < 1.29 is 19.8 Å². The second-order valence-corrected chi connectivity index (χ2v) is 5.46. The standard InChI is InChI=1S/C17H16N2O4/c20-14-7-6-11(15(21)10-14)8-12-9-16(22)19(17(12)23)18-13-4-2-1-3-5-13/h1-7,10,12,18,20-21H,8-9H2. The molecule has 118 valence electrons. The number of amides is 2. The molecule has 2 aromatic rings. The highest BCUT2D eigenvalue weighted by molar-refractivity contribution is 6.04. The van der Waals surface area contributed by atoms with Crippen LogP contribution in [0.25, 0.3) is 0 Å². The monoisotopic (exact) mass is 312 g/mol. The first-order chi connectivity index (χ1) is 11.0. The summed E-state index contributed by atoms with van der Waals surface area (Å²) in [5, 5.41) is 20.1. The van der Waals surface area contributed by atoms with E-state index in [-0.39, 0.29) is 36.2 Å². The van der Waals surface area contributed by atoms with Crippen LogP contribution in [-0.2, 0) is 16.0 Å². The van der Waals surface area contributed by atoms with Crippen LogP contribution in [0.4, 0.5) is 5.69 Å². The van der Waals surface area contributed by atoms with Gasteiger partial charge in [0.2, 0.25) is 5.91 Å². The topological polar surface area (TPSA) is 89.9 Å². The van der Waals surface area contributed by atoms with Gasteiger partial charge in [-0.2, -0.15) is 5.01 Å². The number of hydrogen-bond acceptors (Lipinski definition) is 5. The van der Waals surface area contributed by atoms with Crippen LogP contribution in [-0.4, -0.2) is 27.0 Å². The lowest BCUT2D eigenvalue weighted by atomic mass is 9.97. The highest BCUT2D eigenvalue weighted by atomic mass is 16.3. The van der Waals surface area contributed by atoms with E-state index in [2.05, 4.69) is 5.43 Å². The van der Waals surface area contributed by atoms with Crippen LogP contribution in [0, 0.1) is 5.92 Å². The molecule has 0 saturated carbocycles. The zero-order valence-corrected chi connectivity index (χ0v) is 12.3. The van der Waals surface area contributed by atoms with E-state index in [9.17, 15) is 19.8 Å². The number of aromatic hydroxyl groups is 2. The van der Waals surface area contributed by atoms with Crippen LogP contribution in [0.15, 0.2) is 48.5 Å². The van der Waals surface area contributed by atoms with Crippen LogP contribution >= 0.6 is 0 Å². The number of para-hydroxylation sites is 1. The fraction of sp³-hybridized carbons (Fsp3) is 0.176. The van der Waals surface area contributed by atoms with Crippen molar-refractivity contribution in [3.05, 3.63) is 54.1 Å². The molecule has 1 aliphatic rings. The van der Waals surface area contributed by atoms with Gasteiger partial charge in [0.15, 0.2) is 0 Å². The Morgan fingerprint density at radius 1 is 1.09 bits per heavy atom. The first-order valence-electron chi connectivity index (χ1n) is 7.24. The van der Waals surface area contributed by atoms with Gasteiger partial charge in [-0.3, -0.25) is 15.0 Å². The quantitative estimate of drug-likeness (QED) is 0.752. The molecule has 6 heteroatoms. The van der Waals surface area contributed by atoms with Gasteiger partial charge in [0, 0.05) is 12.5 Å². The van der Waals surface area contributed by atoms with Crippen LogP contribution in [0.2, 0.25) is 0 Å². The van der Waals surface area contributed by atoms with Gasteiger partial charge in [0.25, 0.3) is 5.91 Å². The van der Waals surface area contributed by atoms with Crippen molar-refractivity contribution in [3.63, 3.8) is 0 Å². The summed E-state index contributed by atoms with van der Waals surface area (Å²) >= 11 is 0. The number of hydrazine groups is 1. The number of phenols is 2. The molecule has 1 atom stereocenters. The van der Waals surface area contributed by atoms with Crippen LogP contribution in [0.5, 0.6) is 11.5 Å². The molecule has 0 aliphatic carbocycles. The summed E-state index contributed by atoms with van der Waals surface area (Å²) in [4.78, 5) is 24.5. The molecular weight excluding hydrogens is 296 g/mol. The lowest BCUT2D eigenvalue weighted by Crippen LogP contribution is -2.36. The number of carbonyl (C=O) groups is 2. The van der Waals surface area contributed by atoms with Crippen molar-refractivity contribution in [2.45, 2.75) is 12.8 Å². The summed E-state index contributed by atoms with van der Waals surface area (Å²) in [7, 11) is 0. The van der Waals surface area contributed by atoms with Crippen molar-refractivity contribution in [1.29, 1.82) is 0 Å². The molecule has 1 aliphatic heterocycles. The van der Waals surface area contributed by atoms with Crippen LogP contribution in [0.1, 0.15) is 12.0 Å². The Kier molecular flexibility index (Phi) is 3.89. The molecule has 1 unspecified atom stereocenters. The van der Waals surface area contributed by atoms with Crippen molar-refractivity contribution in [3.8, 4) is 11.5 Å². The minimum Gasteiger partial charge on any atom is -0.508 e. The summed E-state index contributed by atoms with van der Waals surface area (Å²) in [5.41, 5.74) is 3.99. The van der Waals surface area contributed by atoms with Crippen LogP contribution in [0.3, 0.4) is 0 Å². The third kappa shape index (κ3) is 3.11. The van der Waals surface area contributed by atoms with Crippen molar-refractivity contribution >= 4 is 17.5 Å². The lowest BCUT2D eigenvalue weighted by molar-refractivity contribution is -0.137. The molecule has 3 rings (SSSR count). The number of rotatable bonds is 4. The highest BCUT2D eigenvalue weighted by Crippen LogP contribution is 2.29. The van der Waals surface area contributed by atoms with Crippen molar-refractivity contribution in [2.24, 2.45) is 5.92 Å². The molecule has 0 radical (unpaired) electrons. The predicted octanol–water partition coefficient (Wildman–Crippen LogP) is 2.04. The molecule has 23 heavy (non-hydrogen) atoms. The number of benzene rings is 2. The fourth-order valence-electron chi connectivity index (χ4n) is 2.60. The SMILES string of the molecule is O=C1CC(Cc2ccc(O)cc2O)C(=O)N1Nc1ccccc1. The van der Waals surface area contributed by atoms with Crippen LogP contribution < -0.4 is 5.43 Å². The van der Waals surface area contributed by atoms with E-state index < -0.39 is 5.92 Å². The molecule has 0 spiro atoms. The average Bonchev–Trinajstić information content (AvgIpc) is 2.79. The van der Waals surface area contributed by atoms with E-state index in [0.717, 1.165) is 5.01 Å². The Morgan fingerprint density at radius 2 is 1.83 bits per heavy atom. The molecule has 0 bridgehead atoms. The van der Waals surface area contributed by atoms with Crippen molar-refractivity contribution in [1.82, 2.24) is 5.01 Å². The Morgan fingerprint density at radius 3 is 2.52 bits per heavy atom. The highest BCUT2D eigenvalue weighted by Gasteiger charge is 2.39. The van der Waals surface area contributed by atoms with Gasteiger partial charge in [-0.05, 0) is 30.2 Å². The molecule has 3 N–H and O–H groups in total. The van der Waals surface area contributed by atoms with E-state index in [1.165, 1.54) is 12.1 Å². The molecule has 2 aromatic carbocycles. The van der Waals surface area contributed by atoms with Gasteiger partial charge in [-0.25, -0.2) is 0 Å². The van der Waals surface area contributed by atoms with E-state index in [1.807, 2.05) is 6.07 Å². The van der Waals surface area contributed by atoms with E-state index in [0.29, 0.717) is 11.3 Å². The summed E-state index contributed by atoms with van der Waals surface area (Å²) in [5.74, 6) is -1.30. The molecule has 1 heterocycles. The van der Waals surface area contributed by atoms with E-state index >= 15 is 0 Å². The minimum absolute atomic E-state index is 0.0487. The summed E-state index contributed by atoms with van der Waals surface area (Å²) in [6.07, 6.45) is 0.322. The van der Waals surface area contributed by atoms with E-state index in [1.54, 1.807) is 30.3 Å². The summed E-state index contributed by atoms with van der Waals surface area (Å²) in [6, 6.07) is 13.2. The van der Waals surface area contributed by atoms with E-state index in [4.69, 9.17) is 0 Å². The fourth-order valence-corrected chi connectivity index (χ4v) is 2.60. The Hall–Kier alpha value is -3.02. The molecule has 6 nitrogen and oxygen atoms in total.